The molecule has 124 valence electrons. The summed E-state index contributed by atoms with van der Waals surface area (Å²) in [5.74, 6) is 0.456. The third-order valence-electron chi connectivity index (χ3n) is 4.51. The van der Waals surface area contributed by atoms with E-state index in [0.717, 1.165) is 25.6 Å². The maximum Gasteiger partial charge on any atom is 0.172 e. The molecule has 0 spiro atoms. The highest BCUT2D eigenvalue weighted by molar-refractivity contribution is 5.21. The van der Waals surface area contributed by atoms with Crippen molar-refractivity contribution in [2.24, 2.45) is 5.92 Å². The molecule has 22 heavy (non-hydrogen) atoms. The molecule has 1 heterocycles. The molecule has 1 aromatic rings. The van der Waals surface area contributed by atoms with Crippen LogP contribution in [0.2, 0.25) is 0 Å². The second-order valence-corrected chi connectivity index (χ2v) is 6.18. The molecule has 0 aliphatic carbocycles. The van der Waals surface area contributed by atoms with Gasteiger partial charge >= 0.3 is 0 Å². The van der Waals surface area contributed by atoms with Crippen LogP contribution >= 0.6 is 0 Å². The first-order valence-corrected chi connectivity index (χ1v) is 8.60. The van der Waals surface area contributed by atoms with Gasteiger partial charge in [0.2, 0.25) is 0 Å². The first kappa shape index (κ1) is 17.5. The Morgan fingerprint density at radius 2 is 1.77 bits per heavy atom. The maximum absolute atomic E-state index is 6.04. The minimum absolute atomic E-state index is 0.259. The van der Waals surface area contributed by atoms with Gasteiger partial charge in [-0.25, -0.2) is 0 Å². The van der Waals surface area contributed by atoms with E-state index in [0.29, 0.717) is 13.2 Å². The van der Waals surface area contributed by atoms with Crippen LogP contribution in [0.3, 0.4) is 0 Å². The minimum Gasteiger partial charge on any atom is -0.381 e. The summed E-state index contributed by atoms with van der Waals surface area (Å²) < 4.78 is 17.3. The molecule has 0 radical (unpaired) electrons. The smallest absolute Gasteiger partial charge is 0.172 e. The zero-order valence-corrected chi connectivity index (χ0v) is 14.2. The highest BCUT2D eigenvalue weighted by atomic mass is 16.7. The molecule has 0 N–H and O–H groups in total. The van der Waals surface area contributed by atoms with Crippen molar-refractivity contribution >= 4 is 0 Å². The van der Waals surface area contributed by atoms with Gasteiger partial charge in [0.1, 0.15) is 0 Å². The Labute approximate surface area is 135 Å². The first-order chi connectivity index (χ1) is 10.7. The van der Waals surface area contributed by atoms with Gasteiger partial charge in [0.25, 0.3) is 0 Å². The van der Waals surface area contributed by atoms with Gasteiger partial charge in [-0.3, -0.25) is 0 Å². The summed E-state index contributed by atoms with van der Waals surface area (Å²) >= 11 is 0. The standard InChI is InChI=1S/C19H30O3/c1-4-21-19(3,22-5-2)18(17-11-7-6-8-12-17)13-9-10-16-14-20-15-16/h6-8,11-12,16,18H,4-5,9-10,13-15H2,1-3H3. The molecule has 2 rings (SSSR count). The predicted molar refractivity (Wildman–Crippen MR) is 89.0 cm³/mol. The van der Waals surface area contributed by atoms with Gasteiger partial charge in [-0.15, -0.1) is 0 Å². The van der Waals surface area contributed by atoms with Crippen molar-refractivity contribution in [3.05, 3.63) is 35.9 Å². The molecular formula is C19H30O3. The molecule has 1 aliphatic heterocycles. The van der Waals surface area contributed by atoms with Crippen LogP contribution in [-0.2, 0) is 14.2 Å². The summed E-state index contributed by atoms with van der Waals surface area (Å²) in [7, 11) is 0. The van der Waals surface area contributed by atoms with E-state index in [-0.39, 0.29) is 5.92 Å². The molecule has 3 heteroatoms. The lowest BCUT2D eigenvalue weighted by atomic mass is 9.85. The lowest BCUT2D eigenvalue weighted by Crippen LogP contribution is -2.39. The molecular weight excluding hydrogens is 276 g/mol. The van der Waals surface area contributed by atoms with Gasteiger partial charge in [0, 0.05) is 25.0 Å². The summed E-state index contributed by atoms with van der Waals surface area (Å²) in [4.78, 5) is 0. The predicted octanol–water partition coefficient (Wildman–Crippen LogP) is 4.38. The molecule has 0 amide bonds. The van der Waals surface area contributed by atoms with E-state index in [4.69, 9.17) is 14.2 Å². The molecule has 1 atom stereocenters. The van der Waals surface area contributed by atoms with Crippen LogP contribution in [0.15, 0.2) is 30.3 Å². The number of benzene rings is 1. The van der Waals surface area contributed by atoms with Crippen molar-refractivity contribution in [2.75, 3.05) is 26.4 Å². The fourth-order valence-electron chi connectivity index (χ4n) is 3.29. The van der Waals surface area contributed by atoms with E-state index < -0.39 is 5.79 Å². The lowest BCUT2D eigenvalue weighted by Gasteiger charge is -2.38. The minimum atomic E-state index is -0.555. The zero-order chi connectivity index (χ0) is 15.8. The number of hydrogen-bond donors (Lipinski definition) is 0. The van der Waals surface area contributed by atoms with E-state index in [1.807, 2.05) is 13.8 Å². The third kappa shape index (κ3) is 4.55. The molecule has 0 bridgehead atoms. The molecule has 0 aromatic heterocycles. The fraction of sp³-hybridized carbons (Fsp3) is 0.684. The lowest BCUT2D eigenvalue weighted by molar-refractivity contribution is -0.236. The average molecular weight is 306 g/mol. The first-order valence-electron chi connectivity index (χ1n) is 8.60. The number of ether oxygens (including phenoxy) is 3. The average Bonchev–Trinajstić information content (AvgIpc) is 2.46. The van der Waals surface area contributed by atoms with Crippen LogP contribution in [0, 0.1) is 5.92 Å². The summed E-state index contributed by atoms with van der Waals surface area (Å²) in [5, 5.41) is 0. The van der Waals surface area contributed by atoms with Crippen LogP contribution in [-0.4, -0.2) is 32.2 Å². The van der Waals surface area contributed by atoms with Crippen LogP contribution in [0.25, 0.3) is 0 Å². The summed E-state index contributed by atoms with van der Waals surface area (Å²) in [5.41, 5.74) is 1.30. The zero-order valence-electron chi connectivity index (χ0n) is 14.2. The Hall–Kier alpha value is -0.900. The molecule has 1 aromatic carbocycles. The molecule has 1 aliphatic rings. The number of rotatable bonds is 10. The van der Waals surface area contributed by atoms with Crippen molar-refractivity contribution in [3.63, 3.8) is 0 Å². The summed E-state index contributed by atoms with van der Waals surface area (Å²) in [6, 6.07) is 10.6. The monoisotopic (exact) mass is 306 g/mol. The van der Waals surface area contributed by atoms with Crippen molar-refractivity contribution in [1.82, 2.24) is 0 Å². The van der Waals surface area contributed by atoms with Gasteiger partial charge in [-0.2, -0.15) is 0 Å². The van der Waals surface area contributed by atoms with E-state index >= 15 is 0 Å². The second kappa shape index (κ2) is 8.66. The van der Waals surface area contributed by atoms with Crippen molar-refractivity contribution in [3.8, 4) is 0 Å². The van der Waals surface area contributed by atoms with Gasteiger partial charge in [0.15, 0.2) is 5.79 Å². The van der Waals surface area contributed by atoms with Gasteiger partial charge in [-0.1, -0.05) is 36.8 Å². The van der Waals surface area contributed by atoms with Crippen LogP contribution < -0.4 is 0 Å². The quantitative estimate of drug-likeness (QED) is 0.601. The normalized spacial score (nSPS) is 17.2. The largest absolute Gasteiger partial charge is 0.381 e. The molecule has 1 unspecified atom stereocenters. The highest BCUT2D eigenvalue weighted by Gasteiger charge is 2.36. The fourth-order valence-corrected chi connectivity index (χ4v) is 3.29. The molecule has 1 saturated heterocycles. The van der Waals surface area contributed by atoms with E-state index in [9.17, 15) is 0 Å². The van der Waals surface area contributed by atoms with E-state index in [1.165, 1.54) is 18.4 Å². The van der Waals surface area contributed by atoms with Gasteiger partial charge in [-0.05, 0) is 39.2 Å². The second-order valence-electron chi connectivity index (χ2n) is 6.18. The number of hydrogen-bond acceptors (Lipinski definition) is 3. The van der Waals surface area contributed by atoms with E-state index in [1.54, 1.807) is 0 Å². The Kier molecular flexibility index (Phi) is 6.87. The van der Waals surface area contributed by atoms with Gasteiger partial charge < -0.3 is 14.2 Å². The van der Waals surface area contributed by atoms with Gasteiger partial charge in [0.05, 0.1) is 13.2 Å². The Bertz CT molecular complexity index is 408. The molecule has 0 saturated carbocycles. The van der Waals surface area contributed by atoms with Crippen molar-refractivity contribution in [1.29, 1.82) is 0 Å². The Morgan fingerprint density at radius 1 is 1.14 bits per heavy atom. The third-order valence-corrected chi connectivity index (χ3v) is 4.51. The summed E-state index contributed by atoms with van der Waals surface area (Å²) in [6.45, 7) is 9.35. The molecule has 3 nitrogen and oxygen atoms in total. The SMILES string of the molecule is CCOC(C)(OCC)C(CCCC1COC1)c1ccccc1. The van der Waals surface area contributed by atoms with Crippen molar-refractivity contribution in [2.45, 2.75) is 51.7 Å². The highest BCUT2D eigenvalue weighted by Crippen LogP contribution is 2.37. The maximum atomic E-state index is 6.04. The molecule has 1 fully saturated rings. The topological polar surface area (TPSA) is 27.7 Å². The van der Waals surface area contributed by atoms with Crippen molar-refractivity contribution < 1.29 is 14.2 Å². The van der Waals surface area contributed by atoms with E-state index in [2.05, 4.69) is 37.3 Å². The summed E-state index contributed by atoms with van der Waals surface area (Å²) in [6.07, 6.45) is 3.50. The Balaban J connectivity index is 2.08. The van der Waals surface area contributed by atoms with Crippen LogP contribution in [0.5, 0.6) is 0 Å². The van der Waals surface area contributed by atoms with Crippen LogP contribution in [0.4, 0.5) is 0 Å². The van der Waals surface area contributed by atoms with Crippen LogP contribution in [0.1, 0.15) is 51.5 Å². The Morgan fingerprint density at radius 3 is 2.27 bits per heavy atom.